The van der Waals surface area contributed by atoms with Crippen molar-refractivity contribution in [2.24, 2.45) is 7.05 Å². The fraction of sp³-hybridized carbons (Fsp3) is 0.273. The van der Waals surface area contributed by atoms with Crippen LogP contribution in [-0.4, -0.2) is 32.3 Å². The molecule has 8 heteroatoms. The molecule has 0 saturated carbocycles. The van der Waals surface area contributed by atoms with Gasteiger partial charge < -0.3 is 10.5 Å². The van der Waals surface area contributed by atoms with Crippen molar-refractivity contribution in [2.45, 2.75) is 17.1 Å². The summed E-state index contributed by atoms with van der Waals surface area (Å²) in [7, 11) is 1.76. The maximum Gasteiger partial charge on any atom is 0.340 e. The van der Waals surface area contributed by atoms with E-state index in [1.165, 1.54) is 24.3 Å². The average molecular weight is 279 g/mol. The minimum Gasteiger partial charge on any atom is -0.462 e. The minimum absolute atomic E-state index is 0.293. The van der Waals surface area contributed by atoms with E-state index in [4.69, 9.17) is 10.5 Å². The minimum atomic E-state index is -0.452. The summed E-state index contributed by atoms with van der Waals surface area (Å²) in [4.78, 5) is 20.1. The number of hydrogen-bond acceptors (Lipinski definition) is 7. The van der Waals surface area contributed by atoms with Crippen LogP contribution in [0.2, 0.25) is 0 Å². The van der Waals surface area contributed by atoms with Crippen LogP contribution >= 0.6 is 11.8 Å². The van der Waals surface area contributed by atoms with Crippen molar-refractivity contribution in [2.75, 3.05) is 12.3 Å². The van der Waals surface area contributed by atoms with Crippen LogP contribution in [0.5, 0.6) is 0 Å². The molecule has 0 radical (unpaired) electrons. The van der Waals surface area contributed by atoms with Gasteiger partial charge in [0.05, 0.1) is 24.1 Å². The Morgan fingerprint density at radius 1 is 1.53 bits per heavy atom. The van der Waals surface area contributed by atoms with Gasteiger partial charge >= 0.3 is 5.97 Å². The average Bonchev–Trinajstić information content (AvgIpc) is 2.77. The fourth-order valence-corrected chi connectivity index (χ4v) is 2.18. The highest BCUT2D eigenvalue weighted by Gasteiger charge is 2.17. The molecule has 2 aromatic heterocycles. The summed E-state index contributed by atoms with van der Waals surface area (Å²) in [5.41, 5.74) is 6.39. The van der Waals surface area contributed by atoms with Crippen molar-refractivity contribution in [1.29, 1.82) is 0 Å². The first-order valence-electron chi connectivity index (χ1n) is 5.56. The van der Waals surface area contributed by atoms with E-state index in [-0.39, 0.29) is 0 Å². The SMILES string of the molecule is CCOC(=O)c1cc(N)cnc1Sc1ncnn1C. The lowest BCUT2D eigenvalue weighted by Gasteiger charge is -2.07. The zero-order valence-electron chi connectivity index (χ0n) is 10.5. The van der Waals surface area contributed by atoms with Gasteiger partial charge in [-0.1, -0.05) is 0 Å². The predicted octanol–water partition coefficient (Wildman–Crippen LogP) is 1.12. The van der Waals surface area contributed by atoms with Crippen molar-refractivity contribution >= 4 is 23.4 Å². The van der Waals surface area contributed by atoms with Crippen LogP contribution in [0.1, 0.15) is 17.3 Å². The van der Waals surface area contributed by atoms with Gasteiger partial charge in [-0.3, -0.25) is 0 Å². The Morgan fingerprint density at radius 2 is 2.32 bits per heavy atom. The van der Waals surface area contributed by atoms with Crippen molar-refractivity contribution in [3.8, 4) is 0 Å². The Labute approximate surface area is 114 Å². The fourth-order valence-electron chi connectivity index (χ4n) is 1.37. The van der Waals surface area contributed by atoms with Crippen LogP contribution in [0.4, 0.5) is 5.69 Å². The third-order valence-electron chi connectivity index (χ3n) is 2.23. The first-order valence-corrected chi connectivity index (χ1v) is 6.38. The molecular formula is C11H13N5O2S. The number of nitrogens with two attached hydrogens (primary N) is 1. The third kappa shape index (κ3) is 3.02. The molecule has 19 heavy (non-hydrogen) atoms. The number of hydrogen-bond donors (Lipinski definition) is 1. The smallest absolute Gasteiger partial charge is 0.340 e. The molecule has 0 aliphatic carbocycles. The van der Waals surface area contributed by atoms with Gasteiger partial charge in [0.2, 0.25) is 0 Å². The van der Waals surface area contributed by atoms with Crippen LogP contribution in [-0.2, 0) is 11.8 Å². The van der Waals surface area contributed by atoms with E-state index < -0.39 is 5.97 Å². The number of anilines is 1. The van der Waals surface area contributed by atoms with Crippen molar-refractivity contribution < 1.29 is 9.53 Å². The summed E-state index contributed by atoms with van der Waals surface area (Å²) < 4.78 is 6.58. The molecule has 0 bridgehead atoms. The highest BCUT2D eigenvalue weighted by Crippen LogP contribution is 2.28. The number of pyridine rings is 1. The zero-order valence-corrected chi connectivity index (χ0v) is 11.3. The van der Waals surface area contributed by atoms with Crippen LogP contribution < -0.4 is 5.73 Å². The number of aromatic nitrogens is 4. The van der Waals surface area contributed by atoms with Crippen LogP contribution in [0, 0.1) is 0 Å². The van der Waals surface area contributed by atoms with Gasteiger partial charge in [0, 0.05) is 7.05 Å². The summed E-state index contributed by atoms with van der Waals surface area (Å²) >= 11 is 1.23. The largest absolute Gasteiger partial charge is 0.462 e. The summed E-state index contributed by atoms with van der Waals surface area (Å²) in [6, 6.07) is 1.55. The first-order chi connectivity index (χ1) is 9.11. The molecule has 2 heterocycles. The lowest BCUT2D eigenvalue weighted by molar-refractivity contribution is 0.0521. The zero-order chi connectivity index (χ0) is 13.8. The molecule has 0 saturated heterocycles. The van der Waals surface area contributed by atoms with E-state index in [1.807, 2.05) is 0 Å². The van der Waals surface area contributed by atoms with E-state index in [1.54, 1.807) is 24.7 Å². The number of nitrogens with zero attached hydrogens (tertiary/aromatic N) is 4. The molecule has 2 aromatic rings. The predicted molar refractivity (Wildman–Crippen MR) is 69.7 cm³/mol. The number of aryl methyl sites for hydroxylation is 1. The number of rotatable bonds is 4. The molecule has 0 aliphatic heterocycles. The molecule has 0 aromatic carbocycles. The highest BCUT2D eigenvalue weighted by atomic mass is 32.2. The van der Waals surface area contributed by atoms with E-state index in [9.17, 15) is 4.79 Å². The van der Waals surface area contributed by atoms with Gasteiger partial charge in [-0.15, -0.1) is 0 Å². The first kappa shape index (κ1) is 13.3. The Morgan fingerprint density at radius 3 is 2.95 bits per heavy atom. The highest BCUT2D eigenvalue weighted by molar-refractivity contribution is 7.99. The molecule has 0 aliphatic rings. The van der Waals surface area contributed by atoms with Gasteiger partial charge in [-0.2, -0.15) is 5.10 Å². The Hall–Kier alpha value is -2.09. The molecule has 0 spiro atoms. The number of ether oxygens (including phenoxy) is 1. The van der Waals surface area contributed by atoms with Crippen LogP contribution in [0.25, 0.3) is 0 Å². The van der Waals surface area contributed by atoms with E-state index in [0.29, 0.717) is 28.0 Å². The quantitative estimate of drug-likeness (QED) is 0.838. The molecule has 0 amide bonds. The maximum absolute atomic E-state index is 11.9. The van der Waals surface area contributed by atoms with Gasteiger partial charge in [-0.05, 0) is 24.8 Å². The summed E-state index contributed by atoms with van der Waals surface area (Å²) in [6.45, 7) is 2.04. The van der Waals surface area contributed by atoms with Gasteiger partial charge in [0.1, 0.15) is 11.4 Å². The standard InChI is InChI=1S/C11H13N5O2S/c1-3-18-10(17)8-4-7(12)5-13-9(8)19-11-14-6-15-16(11)2/h4-6H,3,12H2,1-2H3. The van der Waals surface area contributed by atoms with Crippen molar-refractivity contribution in [1.82, 2.24) is 19.7 Å². The molecule has 2 rings (SSSR count). The number of esters is 1. The summed E-state index contributed by atoms with van der Waals surface area (Å²) in [6.07, 6.45) is 2.92. The second-order valence-electron chi connectivity index (χ2n) is 3.61. The molecule has 2 N–H and O–H groups in total. The summed E-state index contributed by atoms with van der Waals surface area (Å²) in [5, 5.41) is 5.07. The second-order valence-corrected chi connectivity index (χ2v) is 4.57. The Balaban J connectivity index is 2.34. The van der Waals surface area contributed by atoms with Crippen molar-refractivity contribution in [3.05, 3.63) is 24.2 Å². The number of carbonyl (C=O) groups excluding carboxylic acids is 1. The van der Waals surface area contributed by atoms with E-state index >= 15 is 0 Å². The normalized spacial score (nSPS) is 10.4. The Bertz CT molecular complexity index is 599. The number of carbonyl (C=O) groups is 1. The lowest BCUT2D eigenvalue weighted by Crippen LogP contribution is -2.08. The van der Waals surface area contributed by atoms with Gasteiger partial charge in [0.15, 0.2) is 5.16 Å². The lowest BCUT2D eigenvalue weighted by atomic mass is 10.3. The van der Waals surface area contributed by atoms with E-state index in [2.05, 4.69) is 15.1 Å². The maximum atomic E-state index is 11.9. The monoisotopic (exact) mass is 279 g/mol. The molecule has 0 fully saturated rings. The van der Waals surface area contributed by atoms with Crippen LogP contribution in [0.3, 0.4) is 0 Å². The van der Waals surface area contributed by atoms with Crippen molar-refractivity contribution in [3.63, 3.8) is 0 Å². The molecule has 100 valence electrons. The topological polar surface area (TPSA) is 95.9 Å². The second kappa shape index (κ2) is 5.70. The molecule has 7 nitrogen and oxygen atoms in total. The summed E-state index contributed by atoms with van der Waals surface area (Å²) in [5.74, 6) is -0.452. The van der Waals surface area contributed by atoms with E-state index in [0.717, 1.165) is 0 Å². The van der Waals surface area contributed by atoms with Gasteiger partial charge in [0.25, 0.3) is 0 Å². The molecular weight excluding hydrogens is 266 g/mol. The third-order valence-corrected chi connectivity index (χ3v) is 3.30. The molecule has 0 atom stereocenters. The Kier molecular flexibility index (Phi) is 4.00. The molecule has 0 unspecified atom stereocenters. The van der Waals surface area contributed by atoms with Gasteiger partial charge in [-0.25, -0.2) is 19.4 Å². The number of nitrogen functional groups attached to an aromatic ring is 1. The van der Waals surface area contributed by atoms with Crippen LogP contribution in [0.15, 0.2) is 28.8 Å².